The smallest absolute Gasteiger partial charge is 0.254 e. The third-order valence-electron chi connectivity index (χ3n) is 5.63. The molecule has 34 heavy (non-hydrogen) atoms. The molecule has 0 aliphatic carbocycles. The van der Waals surface area contributed by atoms with Crippen LogP contribution in [0.4, 0.5) is 5.69 Å². The van der Waals surface area contributed by atoms with Crippen LogP contribution in [0.2, 0.25) is 5.02 Å². The number of aryl methyl sites for hydroxylation is 2. The van der Waals surface area contributed by atoms with E-state index in [4.69, 9.17) is 21.1 Å². The molecule has 7 heteroatoms. The Labute approximate surface area is 202 Å². The largest absolute Gasteiger partial charge is 0.493 e. The number of fused-ring (bicyclic) bond motifs is 1. The molecule has 4 aromatic rings. The van der Waals surface area contributed by atoms with Crippen LogP contribution in [-0.2, 0) is 24.2 Å². The van der Waals surface area contributed by atoms with Crippen LogP contribution < -0.4 is 20.3 Å². The number of hydrogen-bond acceptors (Lipinski definition) is 4. The molecule has 1 N–H and O–H groups in total. The fourth-order valence-corrected chi connectivity index (χ4v) is 4.03. The second kappa shape index (κ2) is 10.4. The van der Waals surface area contributed by atoms with E-state index in [1.165, 1.54) is 11.7 Å². The van der Waals surface area contributed by atoms with Gasteiger partial charge in [-0.3, -0.25) is 14.2 Å². The molecule has 0 atom stereocenters. The summed E-state index contributed by atoms with van der Waals surface area (Å²) in [4.78, 5) is 26.4. The number of benzene rings is 3. The summed E-state index contributed by atoms with van der Waals surface area (Å²) in [6.45, 7) is -0.146. The predicted molar refractivity (Wildman–Crippen MR) is 135 cm³/mol. The molecular weight excluding hydrogens is 452 g/mol. The number of nitrogens with one attached hydrogen (secondary N) is 1. The molecule has 1 heterocycles. The zero-order valence-electron chi connectivity index (χ0n) is 19.0. The average Bonchev–Trinajstić information content (AvgIpc) is 2.86. The average molecular weight is 477 g/mol. The molecule has 0 spiro atoms. The zero-order chi connectivity index (χ0) is 24.1. The van der Waals surface area contributed by atoms with Gasteiger partial charge in [0.25, 0.3) is 5.56 Å². The fourth-order valence-electron chi connectivity index (χ4n) is 3.90. The molecule has 4 rings (SSSR count). The Morgan fingerprint density at radius 1 is 0.912 bits per heavy atom. The molecule has 0 aliphatic rings. The molecule has 0 bridgehead atoms. The third kappa shape index (κ3) is 5.24. The Bertz CT molecular complexity index is 1370. The first-order valence-electron chi connectivity index (χ1n) is 10.9. The highest BCUT2D eigenvalue weighted by Gasteiger charge is 2.16. The number of amides is 1. The Balaban J connectivity index is 1.73. The van der Waals surface area contributed by atoms with Crippen molar-refractivity contribution in [3.05, 3.63) is 99.3 Å². The van der Waals surface area contributed by atoms with Gasteiger partial charge in [0.1, 0.15) is 6.54 Å². The lowest BCUT2D eigenvalue weighted by Crippen LogP contribution is -2.30. The van der Waals surface area contributed by atoms with Crippen LogP contribution in [0.15, 0.2) is 77.6 Å². The number of halogens is 1. The molecular formula is C27H25ClN2O4. The van der Waals surface area contributed by atoms with Crippen LogP contribution in [0.3, 0.4) is 0 Å². The van der Waals surface area contributed by atoms with Crippen LogP contribution in [0.5, 0.6) is 11.5 Å². The second-order valence-electron chi connectivity index (χ2n) is 7.87. The Hall–Kier alpha value is -3.77. The Morgan fingerprint density at radius 2 is 1.59 bits per heavy atom. The van der Waals surface area contributed by atoms with Gasteiger partial charge in [-0.25, -0.2) is 0 Å². The first-order chi connectivity index (χ1) is 16.5. The minimum absolute atomic E-state index is 0.146. The number of aromatic nitrogens is 1. The quantitative estimate of drug-likeness (QED) is 0.384. The maximum Gasteiger partial charge on any atom is 0.254 e. The van der Waals surface area contributed by atoms with Crippen molar-refractivity contribution in [1.82, 2.24) is 4.57 Å². The summed E-state index contributed by atoms with van der Waals surface area (Å²) < 4.78 is 12.4. The van der Waals surface area contributed by atoms with Crippen LogP contribution in [0, 0.1) is 0 Å². The third-order valence-corrected chi connectivity index (χ3v) is 5.88. The first kappa shape index (κ1) is 23.4. The Kier molecular flexibility index (Phi) is 7.18. The fraction of sp³-hybridized carbons (Fsp3) is 0.185. The number of hydrogen-bond donors (Lipinski definition) is 1. The number of ether oxygens (including phenoxy) is 2. The summed E-state index contributed by atoms with van der Waals surface area (Å²) in [6.07, 6.45) is 1.26. The van der Waals surface area contributed by atoms with Gasteiger partial charge in [-0.15, -0.1) is 0 Å². The molecule has 0 fully saturated rings. The van der Waals surface area contributed by atoms with Crippen molar-refractivity contribution >= 4 is 34.1 Å². The molecule has 0 aliphatic heterocycles. The Morgan fingerprint density at radius 3 is 2.26 bits per heavy atom. The van der Waals surface area contributed by atoms with Gasteiger partial charge >= 0.3 is 0 Å². The lowest BCUT2D eigenvalue weighted by molar-refractivity contribution is -0.116. The molecule has 6 nitrogen and oxygen atoms in total. The van der Waals surface area contributed by atoms with Crippen molar-refractivity contribution in [2.75, 3.05) is 19.5 Å². The molecule has 1 aromatic heterocycles. The van der Waals surface area contributed by atoms with Gasteiger partial charge in [-0.1, -0.05) is 41.9 Å². The standard InChI is InChI=1S/C27H25ClN2O4/c1-33-24-15-20-14-19(9-8-18-6-4-3-5-7-18)27(32)30(23(20)16-25(24)34-2)17-26(31)29-22-12-10-21(28)11-13-22/h3-7,10-16H,8-9,17H2,1-2H3,(H,29,31). The number of anilines is 1. The highest BCUT2D eigenvalue weighted by Crippen LogP contribution is 2.32. The van der Waals surface area contributed by atoms with Gasteiger partial charge in [0.15, 0.2) is 11.5 Å². The molecule has 174 valence electrons. The van der Waals surface area contributed by atoms with E-state index in [1.807, 2.05) is 42.5 Å². The van der Waals surface area contributed by atoms with Crippen molar-refractivity contribution in [3.8, 4) is 11.5 Å². The van der Waals surface area contributed by atoms with Gasteiger partial charge in [0.05, 0.1) is 19.7 Å². The van der Waals surface area contributed by atoms with E-state index >= 15 is 0 Å². The van der Waals surface area contributed by atoms with Crippen LogP contribution in [-0.4, -0.2) is 24.7 Å². The van der Waals surface area contributed by atoms with E-state index in [1.54, 1.807) is 37.4 Å². The van der Waals surface area contributed by atoms with E-state index in [2.05, 4.69) is 5.32 Å². The number of nitrogens with zero attached hydrogens (tertiary/aromatic N) is 1. The summed E-state index contributed by atoms with van der Waals surface area (Å²) in [5, 5.41) is 4.19. The van der Waals surface area contributed by atoms with E-state index in [-0.39, 0.29) is 18.0 Å². The minimum atomic E-state index is -0.319. The molecule has 3 aromatic carbocycles. The summed E-state index contributed by atoms with van der Waals surface area (Å²) >= 11 is 5.93. The number of carbonyl (C=O) groups is 1. The van der Waals surface area contributed by atoms with Crippen molar-refractivity contribution in [2.45, 2.75) is 19.4 Å². The topological polar surface area (TPSA) is 69.6 Å². The SMILES string of the molecule is COc1cc2cc(CCc3ccccc3)c(=O)n(CC(=O)Nc3ccc(Cl)cc3)c2cc1OC. The monoisotopic (exact) mass is 476 g/mol. The minimum Gasteiger partial charge on any atom is -0.493 e. The van der Waals surface area contributed by atoms with Crippen LogP contribution in [0.25, 0.3) is 10.9 Å². The molecule has 1 amide bonds. The van der Waals surface area contributed by atoms with Gasteiger partial charge in [0, 0.05) is 27.7 Å². The van der Waals surface area contributed by atoms with Gasteiger partial charge in [-0.05, 0) is 54.8 Å². The van der Waals surface area contributed by atoms with Crippen LogP contribution in [0.1, 0.15) is 11.1 Å². The van der Waals surface area contributed by atoms with Gasteiger partial charge in [0.2, 0.25) is 5.91 Å². The molecule has 0 saturated heterocycles. The van der Waals surface area contributed by atoms with E-state index < -0.39 is 0 Å². The summed E-state index contributed by atoms with van der Waals surface area (Å²) in [6, 6.07) is 22.2. The summed E-state index contributed by atoms with van der Waals surface area (Å²) in [5.74, 6) is 0.721. The highest BCUT2D eigenvalue weighted by molar-refractivity contribution is 6.30. The molecule has 0 saturated carbocycles. The summed E-state index contributed by atoms with van der Waals surface area (Å²) in [5.41, 5.74) is 2.76. The lowest BCUT2D eigenvalue weighted by Gasteiger charge is -2.16. The van der Waals surface area contributed by atoms with Gasteiger partial charge < -0.3 is 14.8 Å². The normalized spacial score (nSPS) is 10.8. The van der Waals surface area contributed by atoms with Crippen molar-refractivity contribution < 1.29 is 14.3 Å². The number of pyridine rings is 1. The van der Waals surface area contributed by atoms with Crippen LogP contribution >= 0.6 is 11.6 Å². The number of methoxy groups -OCH3 is 2. The molecule has 0 radical (unpaired) electrons. The van der Waals surface area contributed by atoms with Crippen molar-refractivity contribution in [2.24, 2.45) is 0 Å². The lowest BCUT2D eigenvalue weighted by atomic mass is 10.0. The second-order valence-corrected chi connectivity index (χ2v) is 8.30. The van der Waals surface area contributed by atoms with Gasteiger partial charge in [-0.2, -0.15) is 0 Å². The first-order valence-corrected chi connectivity index (χ1v) is 11.2. The number of rotatable bonds is 8. The van der Waals surface area contributed by atoms with E-state index in [0.29, 0.717) is 46.1 Å². The van der Waals surface area contributed by atoms with E-state index in [0.717, 1.165) is 10.9 Å². The zero-order valence-corrected chi connectivity index (χ0v) is 19.8. The van der Waals surface area contributed by atoms with E-state index in [9.17, 15) is 9.59 Å². The predicted octanol–water partition coefficient (Wildman–Crippen LogP) is 5.10. The van der Waals surface area contributed by atoms with Crippen molar-refractivity contribution in [1.29, 1.82) is 0 Å². The molecule has 0 unspecified atom stereocenters. The van der Waals surface area contributed by atoms with Crippen molar-refractivity contribution in [3.63, 3.8) is 0 Å². The maximum atomic E-state index is 13.5. The highest BCUT2D eigenvalue weighted by atomic mass is 35.5. The summed E-state index contributed by atoms with van der Waals surface area (Å²) in [7, 11) is 3.10. The maximum absolute atomic E-state index is 13.5. The number of carbonyl (C=O) groups excluding carboxylic acids is 1.